The molecule has 0 bridgehead atoms. The molecule has 2 aliphatic rings. The number of ether oxygens (including phenoxy) is 2. The van der Waals surface area contributed by atoms with Gasteiger partial charge in [-0.05, 0) is 49.6 Å². The highest BCUT2D eigenvalue weighted by Gasteiger charge is 2.35. The fourth-order valence-corrected chi connectivity index (χ4v) is 7.45. The molecule has 9 nitrogen and oxygen atoms in total. The number of anilines is 1. The molecule has 48 heavy (non-hydrogen) atoms. The number of fused-ring (bicyclic) bond motifs is 1. The summed E-state index contributed by atoms with van der Waals surface area (Å²) in [5.41, 5.74) is 6.07. The van der Waals surface area contributed by atoms with Crippen LogP contribution in [0.5, 0.6) is 11.5 Å². The number of thiazole rings is 1. The third kappa shape index (κ3) is 6.81. The molecule has 1 amide bonds. The van der Waals surface area contributed by atoms with E-state index in [-0.39, 0.29) is 24.3 Å². The standard InChI is InChI=1S/C38H43N5O4S/c1-25(28-10-7-6-8-11-28)41-18-20-42(21-19-41)33-13-9-12-30-34(44)23-43(26(2)37(30)33)32(29-14-15-35(46-4)36(22-29)47-5)16-17-39-38(45)31-24-48-27(3)40-31/h6-15,22,24-25,32H,2,16-21,23H2,1,3-5H3,(H,39,45)/t25-,32?/m1/s1. The first-order valence-corrected chi connectivity index (χ1v) is 17.2. The maximum Gasteiger partial charge on any atom is 0.270 e. The molecule has 10 heteroatoms. The van der Waals surface area contributed by atoms with Crippen molar-refractivity contribution in [2.24, 2.45) is 0 Å². The van der Waals surface area contributed by atoms with E-state index < -0.39 is 0 Å². The summed E-state index contributed by atoms with van der Waals surface area (Å²) < 4.78 is 11.2. The van der Waals surface area contributed by atoms with Gasteiger partial charge in [-0.3, -0.25) is 14.5 Å². The topological polar surface area (TPSA) is 87.2 Å². The lowest BCUT2D eigenvalue weighted by atomic mass is 9.90. The van der Waals surface area contributed by atoms with Gasteiger partial charge in [0.25, 0.3) is 5.91 Å². The first kappa shape index (κ1) is 33.2. The number of nitrogens with one attached hydrogen (secondary N) is 1. The highest BCUT2D eigenvalue weighted by molar-refractivity contribution is 7.09. The van der Waals surface area contributed by atoms with E-state index in [2.05, 4.69) is 74.9 Å². The van der Waals surface area contributed by atoms with Gasteiger partial charge in [-0.25, -0.2) is 4.98 Å². The van der Waals surface area contributed by atoms with Crippen LogP contribution < -0.4 is 19.7 Å². The number of piperazine rings is 1. The molecule has 0 spiro atoms. The van der Waals surface area contributed by atoms with Gasteiger partial charge in [-0.15, -0.1) is 11.3 Å². The Bertz CT molecular complexity index is 1780. The molecule has 0 saturated carbocycles. The van der Waals surface area contributed by atoms with Crippen molar-refractivity contribution < 1.29 is 19.1 Å². The van der Waals surface area contributed by atoms with Crippen molar-refractivity contribution in [2.75, 3.05) is 58.4 Å². The van der Waals surface area contributed by atoms with E-state index in [1.807, 2.05) is 37.3 Å². The number of methoxy groups -OCH3 is 2. The van der Waals surface area contributed by atoms with Crippen molar-refractivity contribution in [2.45, 2.75) is 32.4 Å². The lowest BCUT2D eigenvalue weighted by Gasteiger charge is -2.43. The Hall–Kier alpha value is -4.67. The number of benzene rings is 3. The van der Waals surface area contributed by atoms with E-state index in [1.54, 1.807) is 19.6 Å². The normalized spacial score (nSPS) is 16.3. The van der Waals surface area contributed by atoms with E-state index >= 15 is 0 Å². The van der Waals surface area contributed by atoms with Gasteiger partial charge in [0.15, 0.2) is 17.3 Å². The fourth-order valence-electron chi connectivity index (χ4n) is 6.85. The van der Waals surface area contributed by atoms with Gasteiger partial charge in [0.2, 0.25) is 0 Å². The molecule has 1 fully saturated rings. The summed E-state index contributed by atoms with van der Waals surface area (Å²) in [5, 5.41) is 5.64. The minimum Gasteiger partial charge on any atom is -0.493 e. The lowest BCUT2D eigenvalue weighted by Crippen LogP contribution is -2.48. The average Bonchev–Trinajstić information content (AvgIpc) is 3.57. The Balaban J connectivity index is 1.26. The summed E-state index contributed by atoms with van der Waals surface area (Å²) in [7, 11) is 3.22. The second-order valence-corrected chi connectivity index (χ2v) is 13.3. The first-order chi connectivity index (χ1) is 23.3. The van der Waals surface area contributed by atoms with E-state index in [0.717, 1.165) is 53.7 Å². The summed E-state index contributed by atoms with van der Waals surface area (Å²) in [6, 6.07) is 22.5. The van der Waals surface area contributed by atoms with Crippen molar-refractivity contribution in [3.05, 3.63) is 112 Å². The number of carbonyl (C=O) groups excluding carboxylic acids is 2. The van der Waals surface area contributed by atoms with Crippen LogP contribution in [0.15, 0.2) is 78.7 Å². The number of ketones is 1. The Kier molecular flexibility index (Phi) is 10.1. The molecule has 0 radical (unpaired) electrons. The molecule has 4 aromatic rings. The monoisotopic (exact) mass is 665 g/mol. The number of nitrogens with zero attached hydrogens (tertiary/aromatic N) is 4. The number of amides is 1. The summed E-state index contributed by atoms with van der Waals surface area (Å²) >= 11 is 1.45. The molecule has 1 N–H and O–H groups in total. The summed E-state index contributed by atoms with van der Waals surface area (Å²) in [4.78, 5) is 38.1. The van der Waals surface area contributed by atoms with Crippen LogP contribution in [-0.4, -0.2) is 80.0 Å². The number of aromatic nitrogens is 1. The molecule has 6 rings (SSSR count). The first-order valence-electron chi connectivity index (χ1n) is 16.4. The van der Waals surface area contributed by atoms with Crippen molar-refractivity contribution in [1.29, 1.82) is 0 Å². The molecule has 3 aromatic carbocycles. The lowest BCUT2D eigenvalue weighted by molar-refractivity contribution is 0.0911. The van der Waals surface area contributed by atoms with Gasteiger partial charge in [-0.2, -0.15) is 0 Å². The second-order valence-electron chi connectivity index (χ2n) is 12.2. The number of rotatable bonds is 11. The number of hydrogen-bond acceptors (Lipinski definition) is 9. The van der Waals surface area contributed by atoms with Crippen molar-refractivity contribution in [3.63, 3.8) is 0 Å². The Morgan fingerprint density at radius 3 is 2.42 bits per heavy atom. The SMILES string of the molecule is C=C1c2c(cccc2N2CCN([C@H](C)c3ccccc3)CC2)C(=O)CN1C(CCNC(=O)c1csc(C)n1)c1ccc(OC)c(OC)c1. The van der Waals surface area contributed by atoms with Crippen molar-refractivity contribution >= 4 is 34.4 Å². The molecule has 2 aliphatic heterocycles. The average molecular weight is 666 g/mol. The van der Waals surface area contributed by atoms with E-state index in [9.17, 15) is 9.59 Å². The third-order valence-corrected chi connectivity index (χ3v) is 10.3. The second kappa shape index (κ2) is 14.6. The van der Waals surface area contributed by atoms with Gasteiger partial charge in [0.1, 0.15) is 5.69 Å². The zero-order valence-corrected chi connectivity index (χ0v) is 28.9. The van der Waals surface area contributed by atoms with Gasteiger partial charge in [-0.1, -0.05) is 55.1 Å². The zero-order valence-electron chi connectivity index (χ0n) is 28.1. The number of Topliss-reactive ketones (excluding diaryl/α,β-unsaturated/α-hetero) is 1. The molecular formula is C38H43N5O4S. The highest BCUT2D eigenvalue weighted by Crippen LogP contribution is 2.42. The number of hydrogen-bond donors (Lipinski definition) is 1. The van der Waals surface area contributed by atoms with Gasteiger partial charge in [0.05, 0.1) is 31.8 Å². The van der Waals surface area contributed by atoms with E-state index in [4.69, 9.17) is 9.47 Å². The predicted octanol–water partition coefficient (Wildman–Crippen LogP) is 6.38. The summed E-state index contributed by atoms with van der Waals surface area (Å²) in [5.74, 6) is 1.05. The molecule has 3 heterocycles. The molecule has 250 valence electrons. The Morgan fingerprint density at radius 2 is 1.73 bits per heavy atom. The van der Waals surface area contributed by atoms with Crippen molar-refractivity contribution in [1.82, 2.24) is 20.1 Å². The smallest absolute Gasteiger partial charge is 0.270 e. The zero-order chi connectivity index (χ0) is 33.8. The van der Waals surface area contributed by atoms with Gasteiger partial charge in [0, 0.05) is 66.7 Å². The van der Waals surface area contributed by atoms with Crippen LogP contribution in [0.4, 0.5) is 5.69 Å². The van der Waals surface area contributed by atoms with E-state index in [1.165, 1.54) is 16.9 Å². The molecule has 1 unspecified atom stereocenters. The van der Waals surface area contributed by atoms with Crippen molar-refractivity contribution in [3.8, 4) is 11.5 Å². The molecular weight excluding hydrogens is 623 g/mol. The fraction of sp³-hybridized carbons (Fsp3) is 0.342. The molecule has 1 aromatic heterocycles. The largest absolute Gasteiger partial charge is 0.493 e. The quantitative estimate of drug-likeness (QED) is 0.198. The minimum atomic E-state index is -0.275. The van der Waals surface area contributed by atoms with Crippen LogP contribution in [0.25, 0.3) is 5.70 Å². The molecule has 2 atom stereocenters. The van der Waals surface area contributed by atoms with Crippen LogP contribution in [-0.2, 0) is 0 Å². The van der Waals surface area contributed by atoms with Crippen LogP contribution in [0.3, 0.4) is 0 Å². The Labute approximate surface area is 286 Å². The maximum absolute atomic E-state index is 13.9. The number of aryl methyl sites for hydroxylation is 1. The van der Waals surface area contributed by atoms with Gasteiger partial charge < -0.3 is 24.6 Å². The molecule has 1 saturated heterocycles. The number of carbonyl (C=O) groups is 2. The van der Waals surface area contributed by atoms with Crippen LogP contribution in [0.2, 0.25) is 0 Å². The van der Waals surface area contributed by atoms with Crippen LogP contribution in [0, 0.1) is 6.92 Å². The van der Waals surface area contributed by atoms with Crippen LogP contribution in [0.1, 0.15) is 68.0 Å². The minimum absolute atomic E-state index is 0.0445. The highest BCUT2D eigenvalue weighted by atomic mass is 32.1. The molecule has 0 aliphatic carbocycles. The summed E-state index contributed by atoms with van der Waals surface area (Å²) in [6.45, 7) is 12.8. The van der Waals surface area contributed by atoms with Gasteiger partial charge >= 0.3 is 0 Å². The van der Waals surface area contributed by atoms with E-state index in [0.29, 0.717) is 41.8 Å². The third-order valence-electron chi connectivity index (χ3n) is 9.50. The van der Waals surface area contributed by atoms with Crippen LogP contribution >= 0.6 is 11.3 Å². The Morgan fingerprint density at radius 1 is 0.979 bits per heavy atom. The predicted molar refractivity (Wildman–Crippen MR) is 191 cm³/mol. The maximum atomic E-state index is 13.9. The summed E-state index contributed by atoms with van der Waals surface area (Å²) in [6.07, 6.45) is 0.532.